The zero-order valence-electron chi connectivity index (χ0n) is 14.6. The number of benzene rings is 2. The van der Waals surface area contributed by atoms with E-state index in [0.717, 1.165) is 9.87 Å². The van der Waals surface area contributed by atoms with Crippen LogP contribution in [0.1, 0.15) is 18.5 Å². The number of carbonyl (C=O) groups is 1. The van der Waals surface area contributed by atoms with Crippen LogP contribution in [-0.2, 0) is 14.8 Å². The molecule has 0 bridgehead atoms. The van der Waals surface area contributed by atoms with Crippen LogP contribution in [0.15, 0.2) is 59.5 Å². The lowest BCUT2D eigenvalue weighted by Gasteiger charge is -2.13. The highest BCUT2D eigenvalue weighted by Crippen LogP contribution is 2.17. The molecule has 2 aromatic rings. The van der Waals surface area contributed by atoms with E-state index >= 15 is 0 Å². The summed E-state index contributed by atoms with van der Waals surface area (Å²) >= 11 is 0. The largest absolute Gasteiger partial charge is 0.333 e. The maximum atomic E-state index is 12.1. The van der Waals surface area contributed by atoms with Crippen LogP contribution in [0.4, 0.5) is 5.69 Å². The van der Waals surface area contributed by atoms with E-state index < -0.39 is 10.0 Å². The Balaban J connectivity index is 1.97. The molecule has 134 valence electrons. The van der Waals surface area contributed by atoms with E-state index in [4.69, 9.17) is 0 Å². The lowest BCUT2D eigenvalue weighted by Crippen LogP contribution is -2.86. The van der Waals surface area contributed by atoms with Gasteiger partial charge < -0.3 is 10.6 Å². The molecule has 0 radical (unpaired) electrons. The van der Waals surface area contributed by atoms with Gasteiger partial charge in [0.2, 0.25) is 10.0 Å². The molecule has 25 heavy (non-hydrogen) atoms. The van der Waals surface area contributed by atoms with Crippen LogP contribution in [0.3, 0.4) is 0 Å². The maximum absolute atomic E-state index is 12.1. The number of nitrogens with two attached hydrogens (primary N) is 1. The SMILES string of the molecule is C[C@@H]([NH2+]CC(=O)Nc1cccc(S(=O)(=O)N(C)C)c1)c1ccccc1. The monoisotopic (exact) mass is 362 g/mol. The van der Waals surface area contributed by atoms with Crippen LogP contribution < -0.4 is 10.6 Å². The summed E-state index contributed by atoms with van der Waals surface area (Å²) in [6.07, 6.45) is 0. The highest BCUT2D eigenvalue weighted by molar-refractivity contribution is 7.89. The van der Waals surface area contributed by atoms with Crippen LogP contribution in [0, 0.1) is 0 Å². The van der Waals surface area contributed by atoms with E-state index in [-0.39, 0.29) is 23.4 Å². The van der Waals surface area contributed by atoms with Crippen molar-refractivity contribution >= 4 is 21.6 Å². The molecule has 0 unspecified atom stereocenters. The molecule has 0 saturated heterocycles. The molecule has 0 aromatic heterocycles. The molecule has 0 aliphatic heterocycles. The van der Waals surface area contributed by atoms with Crippen molar-refractivity contribution in [2.24, 2.45) is 0 Å². The number of sulfonamides is 1. The minimum atomic E-state index is -3.52. The number of nitrogens with zero attached hydrogens (tertiary/aromatic N) is 1. The number of carbonyl (C=O) groups excluding carboxylic acids is 1. The first-order valence-corrected chi connectivity index (χ1v) is 9.45. The molecule has 0 saturated carbocycles. The molecule has 6 nitrogen and oxygen atoms in total. The first kappa shape index (κ1) is 19.1. The third-order valence-corrected chi connectivity index (χ3v) is 5.69. The van der Waals surface area contributed by atoms with Crippen molar-refractivity contribution < 1.29 is 18.5 Å². The van der Waals surface area contributed by atoms with Gasteiger partial charge in [0.1, 0.15) is 6.04 Å². The van der Waals surface area contributed by atoms with Gasteiger partial charge in [-0.2, -0.15) is 0 Å². The van der Waals surface area contributed by atoms with E-state index in [2.05, 4.69) is 5.32 Å². The number of nitrogens with one attached hydrogen (secondary N) is 1. The fourth-order valence-corrected chi connectivity index (χ4v) is 3.28. The molecule has 7 heteroatoms. The molecule has 0 aliphatic rings. The first-order valence-electron chi connectivity index (χ1n) is 8.01. The maximum Gasteiger partial charge on any atom is 0.279 e. The highest BCUT2D eigenvalue weighted by Gasteiger charge is 2.18. The fraction of sp³-hybridized carbons (Fsp3) is 0.278. The molecular weight excluding hydrogens is 338 g/mol. The Kier molecular flexibility index (Phi) is 6.30. The first-order chi connectivity index (χ1) is 11.8. The lowest BCUT2D eigenvalue weighted by atomic mass is 10.1. The quantitative estimate of drug-likeness (QED) is 0.776. The number of hydrogen-bond donors (Lipinski definition) is 2. The Bertz CT molecular complexity index is 820. The van der Waals surface area contributed by atoms with Crippen LogP contribution in [0.2, 0.25) is 0 Å². The van der Waals surface area contributed by atoms with Gasteiger partial charge in [-0.3, -0.25) is 4.79 Å². The van der Waals surface area contributed by atoms with Crippen molar-refractivity contribution in [1.29, 1.82) is 0 Å². The molecule has 2 aromatic carbocycles. The second kappa shape index (κ2) is 8.24. The van der Waals surface area contributed by atoms with Gasteiger partial charge in [-0.1, -0.05) is 36.4 Å². The minimum absolute atomic E-state index is 0.150. The van der Waals surface area contributed by atoms with Gasteiger partial charge in [0.25, 0.3) is 5.91 Å². The zero-order chi connectivity index (χ0) is 18.4. The normalized spacial score (nSPS) is 12.8. The average Bonchev–Trinajstić information content (AvgIpc) is 2.60. The van der Waals surface area contributed by atoms with Crippen LogP contribution >= 0.6 is 0 Å². The minimum Gasteiger partial charge on any atom is -0.333 e. The summed E-state index contributed by atoms with van der Waals surface area (Å²) in [6, 6.07) is 16.4. The zero-order valence-corrected chi connectivity index (χ0v) is 15.5. The van der Waals surface area contributed by atoms with Crippen molar-refractivity contribution in [2.45, 2.75) is 17.9 Å². The van der Waals surface area contributed by atoms with Gasteiger partial charge in [-0.15, -0.1) is 0 Å². The van der Waals surface area contributed by atoms with Gasteiger partial charge in [0, 0.05) is 25.3 Å². The van der Waals surface area contributed by atoms with E-state index in [0.29, 0.717) is 5.69 Å². The van der Waals surface area contributed by atoms with Crippen molar-refractivity contribution in [3.8, 4) is 0 Å². The predicted molar refractivity (Wildman–Crippen MR) is 97.6 cm³/mol. The van der Waals surface area contributed by atoms with Gasteiger partial charge >= 0.3 is 0 Å². The molecule has 0 aliphatic carbocycles. The number of quaternary nitrogens is 1. The smallest absolute Gasteiger partial charge is 0.279 e. The van der Waals surface area contributed by atoms with Crippen molar-refractivity contribution in [3.63, 3.8) is 0 Å². The third-order valence-electron chi connectivity index (χ3n) is 3.88. The average molecular weight is 362 g/mol. The third kappa shape index (κ3) is 5.12. The number of amides is 1. The van der Waals surface area contributed by atoms with Crippen LogP contribution in [-0.4, -0.2) is 39.3 Å². The van der Waals surface area contributed by atoms with E-state index in [1.54, 1.807) is 12.1 Å². The molecule has 0 fully saturated rings. The van der Waals surface area contributed by atoms with E-state index in [1.807, 2.05) is 42.6 Å². The number of anilines is 1. The van der Waals surface area contributed by atoms with Crippen LogP contribution in [0.5, 0.6) is 0 Å². The van der Waals surface area contributed by atoms with Gasteiger partial charge in [-0.05, 0) is 25.1 Å². The van der Waals surface area contributed by atoms with Crippen molar-refractivity contribution in [3.05, 3.63) is 60.2 Å². The summed E-state index contributed by atoms with van der Waals surface area (Å²) < 4.78 is 25.4. The Labute approximate surface area is 148 Å². The molecule has 3 N–H and O–H groups in total. The second-order valence-corrected chi connectivity index (χ2v) is 8.15. The number of hydrogen-bond acceptors (Lipinski definition) is 3. The summed E-state index contributed by atoms with van der Waals surface area (Å²) in [5, 5.41) is 4.68. The lowest BCUT2D eigenvalue weighted by molar-refractivity contribution is -0.682. The Morgan fingerprint density at radius 1 is 1.12 bits per heavy atom. The predicted octanol–water partition coefficient (Wildman–Crippen LogP) is 1.20. The van der Waals surface area contributed by atoms with E-state index in [9.17, 15) is 13.2 Å². The van der Waals surface area contributed by atoms with Crippen LogP contribution in [0.25, 0.3) is 0 Å². The van der Waals surface area contributed by atoms with Gasteiger partial charge in [-0.25, -0.2) is 12.7 Å². The second-order valence-electron chi connectivity index (χ2n) is 6.00. The van der Waals surface area contributed by atoms with Gasteiger partial charge in [0.05, 0.1) is 4.90 Å². The summed E-state index contributed by atoms with van der Waals surface area (Å²) in [5.74, 6) is -0.179. The molecule has 1 amide bonds. The number of rotatable bonds is 7. The fourth-order valence-electron chi connectivity index (χ4n) is 2.33. The van der Waals surface area contributed by atoms with Crippen molar-refractivity contribution in [2.75, 3.05) is 26.0 Å². The standard InChI is InChI=1S/C18H23N3O3S/c1-14(15-8-5-4-6-9-15)19-13-18(22)20-16-10-7-11-17(12-16)25(23,24)21(2)3/h4-12,14,19H,13H2,1-3H3,(H,20,22)/p+1/t14-/m1/s1. The van der Waals surface area contributed by atoms with Gasteiger partial charge in [0.15, 0.2) is 6.54 Å². The Morgan fingerprint density at radius 2 is 1.80 bits per heavy atom. The Hall–Kier alpha value is -2.22. The topological polar surface area (TPSA) is 83.1 Å². The highest BCUT2D eigenvalue weighted by atomic mass is 32.2. The molecule has 1 atom stereocenters. The van der Waals surface area contributed by atoms with Crippen molar-refractivity contribution in [1.82, 2.24) is 4.31 Å². The van der Waals surface area contributed by atoms with E-state index in [1.165, 1.54) is 26.2 Å². The Morgan fingerprint density at radius 3 is 2.44 bits per heavy atom. The summed E-state index contributed by atoms with van der Waals surface area (Å²) in [7, 11) is -0.577. The molecule has 2 rings (SSSR count). The molecular formula is C18H24N3O3S+. The summed E-state index contributed by atoms with van der Waals surface area (Å²) in [6.45, 7) is 2.29. The summed E-state index contributed by atoms with van der Waals surface area (Å²) in [5.41, 5.74) is 1.61. The summed E-state index contributed by atoms with van der Waals surface area (Å²) in [4.78, 5) is 12.3. The molecule has 0 spiro atoms. The molecule has 0 heterocycles.